The Morgan fingerprint density at radius 2 is 2.38 bits per heavy atom. The highest BCUT2D eigenvalue weighted by atomic mass is 32.2. The van der Waals surface area contributed by atoms with Crippen LogP contribution in [0.4, 0.5) is 0 Å². The van der Waals surface area contributed by atoms with Crippen molar-refractivity contribution < 1.29 is 14.6 Å². The highest BCUT2D eigenvalue weighted by molar-refractivity contribution is 8.00. The molecule has 0 aromatic heterocycles. The maximum absolute atomic E-state index is 10.9. The molecule has 1 N–H and O–H groups in total. The van der Waals surface area contributed by atoms with E-state index < -0.39 is 5.97 Å². The van der Waals surface area contributed by atoms with Crippen LogP contribution in [0, 0.1) is 0 Å². The fourth-order valence-corrected chi connectivity index (χ4v) is 2.78. The first-order chi connectivity index (χ1) is 7.67. The molecule has 1 heterocycles. The highest BCUT2D eigenvalue weighted by Gasteiger charge is 2.22. The van der Waals surface area contributed by atoms with Crippen molar-refractivity contribution in [1.82, 2.24) is 4.90 Å². The van der Waals surface area contributed by atoms with E-state index >= 15 is 0 Å². The Morgan fingerprint density at radius 1 is 1.62 bits per heavy atom. The lowest BCUT2D eigenvalue weighted by Gasteiger charge is -2.32. The van der Waals surface area contributed by atoms with Gasteiger partial charge in [0.25, 0.3) is 0 Å². The van der Waals surface area contributed by atoms with E-state index in [9.17, 15) is 4.79 Å². The summed E-state index contributed by atoms with van der Waals surface area (Å²) in [6.45, 7) is 7.78. The zero-order valence-corrected chi connectivity index (χ0v) is 10.8. The summed E-state index contributed by atoms with van der Waals surface area (Å²) in [6.07, 6.45) is 0.858. The van der Waals surface area contributed by atoms with Gasteiger partial charge < -0.3 is 9.84 Å². The number of likely N-dealkylation sites (N-methyl/N-ethyl adjacent to an activating group) is 1. The van der Waals surface area contributed by atoms with E-state index in [1.165, 1.54) is 11.8 Å². The third-order valence-electron chi connectivity index (χ3n) is 2.80. The van der Waals surface area contributed by atoms with Crippen LogP contribution in [0.2, 0.25) is 0 Å². The van der Waals surface area contributed by atoms with E-state index in [1.54, 1.807) is 0 Å². The van der Waals surface area contributed by atoms with E-state index in [0.29, 0.717) is 6.42 Å². The molecule has 16 heavy (non-hydrogen) atoms. The normalized spacial score (nSPS) is 24.2. The predicted molar refractivity (Wildman–Crippen MR) is 66.0 cm³/mol. The number of thioether (sulfide) groups is 1. The number of carboxylic acids is 1. The minimum Gasteiger partial charge on any atom is -0.480 e. The van der Waals surface area contributed by atoms with E-state index in [1.807, 2.05) is 6.92 Å². The standard InChI is InChI=1S/C11H21NO3S/c1-3-10(11(13)14)16-8-9-7-12(4-2)5-6-15-9/h9-10H,3-8H2,1-2H3,(H,13,14). The number of ether oxygens (including phenoxy) is 1. The van der Waals surface area contributed by atoms with Crippen molar-refractivity contribution in [2.45, 2.75) is 31.6 Å². The highest BCUT2D eigenvalue weighted by Crippen LogP contribution is 2.18. The molecule has 5 heteroatoms. The molecular formula is C11H21NO3S. The summed E-state index contributed by atoms with van der Waals surface area (Å²) in [5, 5.41) is 8.64. The molecule has 1 fully saturated rings. The molecule has 1 aliphatic rings. The summed E-state index contributed by atoms with van der Waals surface area (Å²) in [7, 11) is 0. The molecule has 1 aliphatic heterocycles. The van der Waals surface area contributed by atoms with Crippen molar-refractivity contribution >= 4 is 17.7 Å². The van der Waals surface area contributed by atoms with Crippen LogP contribution in [0.1, 0.15) is 20.3 Å². The second-order valence-corrected chi connectivity index (χ2v) is 5.19. The second kappa shape index (κ2) is 7.14. The van der Waals surface area contributed by atoms with Gasteiger partial charge >= 0.3 is 5.97 Å². The molecule has 0 amide bonds. The van der Waals surface area contributed by atoms with E-state index in [2.05, 4.69) is 11.8 Å². The summed E-state index contributed by atoms with van der Waals surface area (Å²) in [5.41, 5.74) is 0. The largest absolute Gasteiger partial charge is 0.480 e. The number of morpholine rings is 1. The Balaban J connectivity index is 2.28. The van der Waals surface area contributed by atoms with Crippen LogP contribution in [0.25, 0.3) is 0 Å². The van der Waals surface area contributed by atoms with Gasteiger partial charge in [-0.15, -0.1) is 11.8 Å². The van der Waals surface area contributed by atoms with Crippen LogP contribution in [0.3, 0.4) is 0 Å². The van der Waals surface area contributed by atoms with Crippen molar-refractivity contribution in [2.24, 2.45) is 0 Å². The number of hydrogen-bond acceptors (Lipinski definition) is 4. The summed E-state index contributed by atoms with van der Waals surface area (Å²) < 4.78 is 5.63. The maximum Gasteiger partial charge on any atom is 0.316 e. The molecular weight excluding hydrogens is 226 g/mol. The minimum absolute atomic E-state index is 0.187. The van der Waals surface area contributed by atoms with Gasteiger partial charge in [0.15, 0.2) is 0 Å². The van der Waals surface area contributed by atoms with Crippen molar-refractivity contribution in [3.8, 4) is 0 Å². The van der Waals surface area contributed by atoms with Crippen LogP contribution in [-0.4, -0.2) is 59.3 Å². The fraction of sp³-hybridized carbons (Fsp3) is 0.909. The summed E-state index contributed by atoms with van der Waals surface area (Å²) in [5.74, 6) is 0.0667. The van der Waals surface area contributed by atoms with Crippen molar-refractivity contribution in [1.29, 1.82) is 0 Å². The smallest absolute Gasteiger partial charge is 0.316 e. The van der Waals surface area contributed by atoms with Gasteiger partial charge in [0.05, 0.1) is 12.7 Å². The van der Waals surface area contributed by atoms with E-state index in [-0.39, 0.29) is 11.4 Å². The summed E-state index contributed by atoms with van der Waals surface area (Å²) in [6, 6.07) is 0. The molecule has 2 unspecified atom stereocenters. The Morgan fingerprint density at radius 3 is 2.94 bits per heavy atom. The van der Waals surface area contributed by atoms with Gasteiger partial charge in [-0.1, -0.05) is 13.8 Å². The predicted octanol–water partition coefficient (Wildman–Crippen LogP) is 1.30. The quantitative estimate of drug-likeness (QED) is 0.767. The first-order valence-corrected chi connectivity index (χ1v) is 6.90. The van der Waals surface area contributed by atoms with Gasteiger partial charge in [0, 0.05) is 18.8 Å². The SMILES string of the molecule is CCC(SCC1CN(CC)CCO1)C(=O)O. The van der Waals surface area contributed by atoms with Gasteiger partial charge in [-0.2, -0.15) is 0 Å². The minimum atomic E-state index is -0.712. The Hall–Kier alpha value is -0.260. The first kappa shape index (κ1) is 13.8. The number of aliphatic carboxylic acids is 1. The monoisotopic (exact) mass is 247 g/mol. The van der Waals surface area contributed by atoms with E-state index in [0.717, 1.165) is 32.0 Å². The lowest BCUT2D eigenvalue weighted by atomic mass is 10.3. The molecule has 0 radical (unpaired) electrons. The summed E-state index contributed by atoms with van der Waals surface area (Å²) in [4.78, 5) is 13.2. The Bertz CT molecular complexity index is 225. The zero-order chi connectivity index (χ0) is 12.0. The maximum atomic E-state index is 10.9. The van der Waals surface area contributed by atoms with Crippen LogP contribution >= 0.6 is 11.8 Å². The van der Waals surface area contributed by atoms with Gasteiger partial charge in [-0.25, -0.2) is 0 Å². The zero-order valence-electron chi connectivity index (χ0n) is 10.0. The Labute approximate surface area is 101 Å². The molecule has 4 nitrogen and oxygen atoms in total. The third-order valence-corrected chi connectivity index (χ3v) is 4.30. The van der Waals surface area contributed by atoms with Crippen LogP contribution in [0.15, 0.2) is 0 Å². The molecule has 0 saturated carbocycles. The fourth-order valence-electron chi connectivity index (χ4n) is 1.76. The topological polar surface area (TPSA) is 49.8 Å². The molecule has 1 rings (SSSR count). The number of nitrogens with zero attached hydrogens (tertiary/aromatic N) is 1. The molecule has 1 saturated heterocycles. The van der Waals surface area contributed by atoms with Gasteiger partial charge in [-0.3, -0.25) is 9.69 Å². The number of rotatable bonds is 6. The molecule has 0 spiro atoms. The Kier molecular flexibility index (Phi) is 6.16. The van der Waals surface area contributed by atoms with Crippen molar-refractivity contribution in [3.05, 3.63) is 0 Å². The number of carboxylic acid groups (broad SMARTS) is 1. The molecule has 0 aromatic rings. The van der Waals surface area contributed by atoms with Gasteiger partial charge in [0.1, 0.15) is 5.25 Å². The number of carbonyl (C=O) groups is 1. The summed E-state index contributed by atoms with van der Waals surface area (Å²) >= 11 is 1.50. The molecule has 0 aromatic carbocycles. The van der Waals surface area contributed by atoms with Crippen molar-refractivity contribution in [2.75, 3.05) is 32.0 Å². The van der Waals surface area contributed by atoms with Gasteiger partial charge in [0.2, 0.25) is 0 Å². The van der Waals surface area contributed by atoms with Gasteiger partial charge in [-0.05, 0) is 13.0 Å². The second-order valence-electron chi connectivity index (χ2n) is 3.95. The van der Waals surface area contributed by atoms with Crippen LogP contribution in [0.5, 0.6) is 0 Å². The lowest BCUT2D eigenvalue weighted by Crippen LogP contribution is -2.43. The number of hydrogen-bond donors (Lipinski definition) is 1. The van der Waals surface area contributed by atoms with E-state index in [4.69, 9.17) is 9.84 Å². The van der Waals surface area contributed by atoms with Crippen LogP contribution < -0.4 is 0 Å². The molecule has 2 atom stereocenters. The lowest BCUT2D eigenvalue weighted by molar-refractivity contribution is -0.136. The average molecular weight is 247 g/mol. The van der Waals surface area contributed by atoms with Crippen LogP contribution in [-0.2, 0) is 9.53 Å². The molecule has 94 valence electrons. The molecule has 0 bridgehead atoms. The molecule has 0 aliphatic carbocycles. The van der Waals surface area contributed by atoms with Crippen molar-refractivity contribution in [3.63, 3.8) is 0 Å². The third kappa shape index (κ3) is 4.31. The first-order valence-electron chi connectivity index (χ1n) is 5.85. The average Bonchev–Trinajstić information content (AvgIpc) is 2.29.